The van der Waals surface area contributed by atoms with Gasteiger partial charge in [-0.2, -0.15) is 0 Å². The molecule has 1 saturated heterocycles. The van der Waals surface area contributed by atoms with Crippen molar-refractivity contribution in [3.8, 4) is 0 Å². The van der Waals surface area contributed by atoms with Crippen LogP contribution >= 0.6 is 0 Å². The number of esters is 1. The third-order valence-corrected chi connectivity index (χ3v) is 5.18. The Labute approximate surface area is 146 Å². The van der Waals surface area contributed by atoms with Crippen LogP contribution < -0.4 is 0 Å². The van der Waals surface area contributed by atoms with Gasteiger partial charge in [-0.25, -0.2) is 0 Å². The Hall–Kier alpha value is -1.35. The van der Waals surface area contributed by atoms with Gasteiger partial charge in [0.15, 0.2) is 0 Å². The predicted octanol–water partition coefficient (Wildman–Crippen LogP) is 4.45. The molecule has 0 bridgehead atoms. The number of hydrogen-bond acceptors (Lipinski definition) is 3. The highest BCUT2D eigenvalue weighted by Crippen LogP contribution is 2.33. The van der Waals surface area contributed by atoms with E-state index in [1.165, 1.54) is 49.7 Å². The minimum atomic E-state index is -0.367. The van der Waals surface area contributed by atoms with E-state index < -0.39 is 0 Å². The Balaban J connectivity index is 1.71. The van der Waals surface area contributed by atoms with Crippen molar-refractivity contribution >= 4 is 5.97 Å². The van der Waals surface area contributed by atoms with Crippen LogP contribution in [0.3, 0.4) is 0 Å². The van der Waals surface area contributed by atoms with Crippen molar-refractivity contribution in [2.45, 2.75) is 71.1 Å². The summed E-state index contributed by atoms with van der Waals surface area (Å²) in [7, 11) is 0. The molecule has 1 aromatic carbocycles. The molecule has 24 heavy (non-hydrogen) atoms. The fourth-order valence-corrected chi connectivity index (χ4v) is 3.37. The first kappa shape index (κ1) is 19.0. The van der Waals surface area contributed by atoms with E-state index in [0.717, 1.165) is 19.3 Å². The molecule has 1 aromatic rings. The van der Waals surface area contributed by atoms with Gasteiger partial charge < -0.3 is 9.84 Å². The lowest BCUT2D eigenvalue weighted by atomic mass is 9.82. The number of cyclic esters (lactones) is 1. The van der Waals surface area contributed by atoms with Gasteiger partial charge >= 0.3 is 5.97 Å². The van der Waals surface area contributed by atoms with Crippen molar-refractivity contribution in [3.63, 3.8) is 0 Å². The molecule has 1 aliphatic heterocycles. The molecule has 1 atom stereocenters. The summed E-state index contributed by atoms with van der Waals surface area (Å²) in [5, 5.41) is 9.60. The molecule has 3 heteroatoms. The molecule has 1 fully saturated rings. The Kier molecular flexibility index (Phi) is 7.77. The van der Waals surface area contributed by atoms with Crippen molar-refractivity contribution in [1.29, 1.82) is 0 Å². The summed E-state index contributed by atoms with van der Waals surface area (Å²) in [6.45, 7) is 2.63. The predicted molar refractivity (Wildman–Crippen MR) is 96.9 cm³/mol. The lowest BCUT2D eigenvalue weighted by molar-refractivity contribution is -0.137. The summed E-state index contributed by atoms with van der Waals surface area (Å²) in [5.41, 5.74) is 2.31. The Bertz CT molecular complexity index is 494. The van der Waals surface area contributed by atoms with Gasteiger partial charge in [0.25, 0.3) is 0 Å². The fourth-order valence-electron chi connectivity index (χ4n) is 3.37. The number of rotatable bonds is 11. The molecule has 1 heterocycles. The molecule has 134 valence electrons. The number of unbranched alkanes of at least 4 members (excludes halogenated alkanes) is 5. The maximum atomic E-state index is 11.3. The van der Waals surface area contributed by atoms with Crippen LogP contribution in [-0.4, -0.2) is 24.3 Å². The van der Waals surface area contributed by atoms with E-state index in [-0.39, 0.29) is 18.0 Å². The number of carbonyl (C=O) groups is 1. The summed E-state index contributed by atoms with van der Waals surface area (Å²) < 4.78 is 5.05. The second kappa shape index (κ2) is 9.83. The largest absolute Gasteiger partial charge is 0.465 e. The lowest BCUT2D eigenvalue weighted by Crippen LogP contribution is -2.26. The SMILES string of the molecule is CCCCCCCCc1ccc(CCC2(CO)COC(=O)C2)cc1. The zero-order valence-electron chi connectivity index (χ0n) is 15.1. The molecule has 1 aliphatic rings. The maximum absolute atomic E-state index is 11.3. The van der Waals surface area contributed by atoms with E-state index in [0.29, 0.717) is 13.0 Å². The summed E-state index contributed by atoms with van der Waals surface area (Å²) >= 11 is 0. The first-order valence-corrected chi connectivity index (χ1v) is 9.52. The number of aliphatic hydroxyl groups is 1. The average Bonchev–Trinajstić information content (AvgIpc) is 2.99. The number of carbonyl (C=O) groups excluding carboxylic acids is 1. The zero-order valence-corrected chi connectivity index (χ0v) is 15.1. The summed E-state index contributed by atoms with van der Waals surface area (Å²) in [5.74, 6) is -0.182. The molecule has 1 N–H and O–H groups in total. The van der Waals surface area contributed by atoms with Crippen molar-refractivity contribution in [1.82, 2.24) is 0 Å². The van der Waals surface area contributed by atoms with E-state index in [1.807, 2.05) is 0 Å². The van der Waals surface area contributed by atoms with Crippen LogP contribution in [0, 0.1) is 5.41 Å². The maximum Gasteiger partial charge on any atom is 0.306 e. The van der Waals surface area contributed by atoms with Crippen LogP contribution in [0.4, 0.5) is 0 Å². The van der Waals surface area contributed by atoms with Gasteiger partial charge in [0.05, 0.1) is 19.6 Å². The van der Waals surface area contributed by atoms with Gasteiger partial charge in [0.2, 0.25) is 0 Å². The van der Waals surface area contributed by atoms with Crippen LogP contribution in [0.5, 0.6) is 0 Å². The third-order valence-electron chi connectivity index (χ3n) is 5.18. The second-order valence-corrected chi connectivity index (χ2v) is 7.33. The van der Waals surface area contributed by atoms with E-state index in [2.05, 4.69) is 31.2 Å². The highest BCUT2D eigenvalue weighted by molar-refractivity contribution is 5.72. The van der Waals surface area contributed by atoms with Crippen LogP contribution in [0.15, 0.2) is 24.3 Å². The first-order valence-electron chi connectivity index (χ1n) is 9.52. The number of benzene rings is 1. The molecule has 3 nitrogen and oxygen atoms in total. The number of hydrogen-bond donors (Lipinski definition) is 1. The van der Waals surface area contributed by atoms with Gasteiger partial charge in [-0.05, 0) is 36.8 Å². The van der Waals surface area contributed by atoms with Gasteiger partial charge in [-0.15, -0.1) is 0 Å². The summed E-state index contributed by atoms with van der Waals surface area (Å²) in [6, 6.07) is 8.83. The quantitative estimate of drug-likeness (QED) is 0.481. The first-order chi connectivity index (χ1) is 11.7. The summed E-state index contributed by atoms with van der Waals surface area (Å²) in [6.07, 6.45) is 11.2. The van der Waals surface area contributed by atoms with Gasteiger partial charge in [0.1, 0.15) is 0 Å². The number of ether oxygens (including phenoxy) is 1. The van der Waals surface area contributed by atoms with E-state index >= 15 is 0 Å². The molecule has 0 aromatic heterocycles. The topological polar surface area (TPSA) is 46.5 Å². The fraction of sp³-hybridized carbons (Fsp3) is 0.667. The monoisotopic (exact) mass is 332 g/mol. The van der Waals surface area contributed by atoms with Crippen LogP contribution in [0.25, 0.3) is 0 Å². The molecule has 0 amide bonds. The molecule has 0 spiro atoms. The van der Waals surface area contributed by atoms with Crippen LogP contribution in [0.1, 0.15) is 69.4 Å². The van der Waals surface area contributed by atoms with E-state index in [1.54, 1.807) is 0 Å². The van der Waals surface area contributed by atoms with Crippen molar-refractivity contribution in [2.24, 2.45) is 5.41 Å². The molecule has 1 unspecified atom stereocenters. The third kappa shape index (κ3) is 5.94. The summed E-state index contributed by atoms with van der Waals surface area (Å²) in [4.78, 5) is 11.3. The second-order valence-electron chi connectivity index (χ2n) is 7.33. The molecule has 0 saturated carbocycles. The molecular formula is C21H32O3. The van der Waals surface area contributed by atoms with E-state index in [9.17, 15) is 9.90 Å². The van der Waals surface area contributed by atoms with Crippen LogP contribution in [0.2, 0.25) is 0 Å². The molecule has 2 rings (SSSR count). The Morgan fingerprint density at radius 1 is 1.00 bits per heavy atom. The molecule has 0 radical (unpaired) electrons. The lowest BCUT2D eigenvalue weighted by Gasteiger charge is -2.22. The molecule has 0 aliphatic carbocycles. The van der Waals surface area contributed by atoms with Gasteiger partial charge in [0, 0.05) is 5.41 Å². The van der Waals surface area contributed by atoms with Crippen LogP contribution in [-0.2, 0) is 22.4 Å². The average molecular weight is 332 g/mol. The van der Waals surface area contributed by atoms with Gasteiger partial charge in [-0.3, -0.25) is 4.79 Å². The van der Waals surface area contributed by atoms with Gasteiger partial charge in [-0.1, -0.05) is 63.3 Å². The minimum Gasteiger partial charge on any atom is -0.465 e. The number of aliphatic hydroxyl groups excluding tert-OH is 1. The highest BCUT2D eigenvalue weighted by atomic mass is 16.5. The highest BCUT2D eigenvalue weighted by Gasteiger charge is 2.39. The smallest absolute Gasteiger partial charge is 0.306 e. The zero-order chi connectivity index (χ0) is 17.3. The number of aryl methyl sites for hydroxylation is 2. The Morgan fingerprint density at radius 3 is 2.21 bits per heavy atom. The normalized spacial score (nSPS) is 20.3. The molecular weight excluding hydrogens is 300 g/mol. The standard InChI is InChI=1S/C21H32O3/c1-2-3-4-5-6-7-8-18-9-11-19(12-10-18)13-14-21(16-22)15-20(23)24-17-21/h9-12,22H,2-8,13-17H2,1H3. The van der Waals surface area contributed by atoms with Crippen molar-refractivity contribution in [2.75, 3.05) is 13.2 Å². The Morgan fingerprint density at radius 2 is 1.62 bits per heavy atom. The minimum absolute atomic E-state index is 0.0227. The van der Waals surface area contributed by atoms with Crippen molar-refractivity contribution < 1.29 is 14.6 Å². The van der Waals surface area contributed by atoms with E-state index in [4.69, 9.17) is 4.74 Å². The van der Waals surface area contributed by atoms with Crippen molar-refractivity contribution in [3.05, 3.63) is 35.4 Å².